The molecular weight excluding hydrogens is 263 g/mol. The number of likely N-dealkylation sites (tertiary alicyclic amines) is 1. The molecule has 2 atom stereocenters. The first-order valence-electron chi connectivity index (χ1n) is 6.04. The average molecular weight is 283 g/mol. The highest BCUT2D eigenvalue weighted by molar-refractivity contribution is 5.68. The summed E-state index contributed by atoms with van der Waals surface area (Å²) in [6.45, 7) is 5.00. The molecule has 1 fully saturated rings. The molecule has 1 aliphatic rings. The lowest BCUT2D eigenvalue weighted by molar-refractivity contribution is -0.197. The summed E-state index contributed by atoms with van der Waals surface area (Å²) >= 11 is 0. The highest BCUT2D eigenvalue weighted by Gasteiger charge is 2.57. The van der Waals surface area contributed by atoms with Crippen LogP contribution < -0.4 is 0 Å². The lowest BCUT2D eigenvalue weighted by atomic mass is 9.80. The highest BCUT2D eigenvalue weighted by atomic mass is 19.4. The number of ether oxygens (including phenoxy) is 1. The number of hydrogen-bond donors (Lipinski definition) is 1. The zero-order valence-corrected chi connectivity index (χ0v) is 11.5. The van der Waals surface area contributed by atoms with Crippen molar-refractivity contribution in [3.05, 3.63) is 0 Å². The topological polar surface area (TPSA) is 49.8 Å². The lowest BCUT2D eigenvalue weighted by Crippen LogP contribution is -2.39. The average Bonchev–Trinajstić information content (AvgIpc) is 2.54. The molecule has 1 heterocycles. The summed E-state index contributed by atoms with van der Waals surface area (Å²) in [5.41, 5.74) is -2.14. The Morgan fingerprint density at radius 3 is 2.26 bits per heavy atom. The number of carbonyl (C=O) groups is 1. The number of halogens is 3. The zero-order valence-electron chi connectivity index (χ0n) is 11.5. The molecule has 0 aromatic rings. The van der Waals surface area contributed by atoms with E-state index < -0.39 is 42.4 Å². The molecule has 1 N–H and O–H groups in total. The van der Waals surface area contributed by atoms with Gasteiger partial charge in [0.25, 0.3) is 0 Å². The van der Waals surface area contributed by atoms with Crippen LogP contribution in [0.25, 0.3) is 0 Å². The van der Waals surface area contributed by atoms with Crippen molar-refractivity contribution in [3.8, 4) is 0 Å². The van der Waals surface area contributed by atoms with Crippen molar-refractivity contribution in [2.24, 2.45) is 11.3 Å². The Balaban J connectivity index is 2.85. The van der Waals surface area contributed by atoms with Crippen molar-refractivity contribution in [2.45, 2.75) is 39.5 Å². The number of rotatable bonds is 1. The molecule has 0 bridgehead atoms. The van der Waals surface area contributed by atoms with E-state index in [0.29, 0.717) is 0 Å². The number of carbonyl (C=O) groups excluding carboxylic acids is 1. The maximum Gasteiger partial charge on any atom is 0.410 e. The van der Waals surface area contributed by atoms with Crippen LogP contribution in [0.15, 0.2) is 0 Å². The molecule has 19 heavy (non-hydrogen) atoms. The normalized spacial score (nSPS) is 28.6. The fraction of sp³-hybridized carbons (Fsp3) is 0.917. The fourth-order valence-electron chi connectivity index (χ4n) is 2.18. The van der Waals surface area contributed by atoms with Gasteiger partial charge in [-0.1, -0.05) is 6.92 Å². The van der Waals surface area contributed by atoms with Crippen molar-refractivity contribution in [1.29, 1.82) is 0 Å². The zero-order chi connectivity index (χ0) is 15.1. The smallest absolute Gasteiger partial charge is 0.410 e. The van der Waals surface area contributed by atoms with Gasteiger partial charge in [-0.2, -0.15) is 13.2 Å². The molecule has 1 amide bonds. The third-order valence-corrected chi connectivity index (χ3v) is 3.20. The van der Waals surface area contributed by atoms with Crippen LogP contribution in [-0.2, 0) is 4.74 Å². The van der Waals surface area contributed by atoms with Crippen molar-refractivity contribution < 1.29 is 27.8 Å². The first kappa shape index (κ1) is 16.1. The van der Waals surface area contributed by atoms with Gasteiger partial charge in [-0.05, 0) is 20.8 Å². The number of alkyl halides is 3. The Hall–Kier alpha value is -0.980. The predicted octanol–water partition coefficient (Wildman–Crippen LogP) is 2.41. The molecule has 1 rings (SSSR count). The second-order valence-electron chi connectivity index (χ2n) is 6.27. The van der Waals surface area contributed by atoms with Crippen LogP contribution in [0.2, 0.25) is 0 Å². The number of amides is 1. The molecule has 0 saturated carbocycles. The number of hydrogen-bond acceptors (Lipinski definition) is 3. The van der Waals surface area contributed by atoms with Crippen LogP contribution in [0, 0.1) is 11.3 Å². The number of nitrogens with zero attached hydrogens (tertiary/aromatic N) is 1. The Morgan fingerprint density at radius 2 is 1.95 bits per heavy atom. The van der Waals surface area contributed by atoms with Gasteiger partial charge in [-0.15, -0.1) is 0 Å². The van der Waals surface area contributed by atoms with Crippen LogP contribution in [0.4, 0.5) is 18.0 Å². The van der Waals surface area contributed by atoms with E-state index in [1.165, 1.54) is 6.92 Å². The predicted molar refractivity (Wildman–Crippen MR) is 62.5 cm³/mol. The summed E-state index contributed by atoms with van der Waals surface area (Å²) in [6.07, 6.45) is -5.23. The molecular formula is C12H20F3NO3. The SMILES string of the molecule is CC(C)(C)OC(=O)N1C[C@H](C(F)(F)F)[C@](C)(CO)C1. The molecule has 1 saturated heterocycles. The van der Waals surface area contributed by atoms with E-state index in [1.807, 2.05) is 0 Å². The minimum atomic E-state index is -4.45. The third-order valence-electron chi connectivity index (χ3n) is 3.20. The van der Waals surface area contributed by atoms with E-state index in [2.05, 4.69) is 0 Å². The monoisotopic (exact) mass is 283 g/mol. The first-order chi connectivity index (χ1) is 8.39. The van der Waals surface area contributed by atoms with Gasteiger partial charge >= 0.3 is 12.3 Å². The summed E-state index contributed by atoms with van der Waals surface area (Å²) in [6, 6.07) is 0. The maximum absolute atomic E-state index is 12.9. The summed E-state index contributed by atoms with van der Waals surface area (Å²) in [4.78, 5) is 12.8. The second kappa shape index (κ2) is 4.85. The maximum atomic E-state index is 12.9. The summed E-state index contributed by atoms with van der Waals surface area (Å²) < 4.78 is 43.8. The van der Waals surface area contributed by atoms with Crippen LogP contribution >= 0.6 is 0 Å². The van der Waals surface area contributed by atoms with Gasteiger partial charge in [0.05, 0.1) is 12.5 Å². The molecule has 0 spiro atoms. The molecule has 7 heteroatoms. The summed E-state index contributed by atoms with van der Waals surface area (Å²) in [5.74, 6) is -1.74. The lowest BCUT2D eigenvalue weighted by Gasteiger charge is -2.29. The Kier molecular flexibility index (Phi) is 4.10. The third kappa shape index (κ3) is 3.75. The largest absolute Gasteiger partial charge is 0.444 e. The van der Waals surface area contributed by atoms with Gasteiger partial charge in [-0.3, -0.25) is 0 Å². The molecule has 0 radical (unpaired) electrons. The quantitative estimate of drug-likeness (QED) is 0.804. The van der Waals surface area contributed by atoms with Gasteiger partial charge in [0.15, 0.2) is 0 Å². The second-order valence-corrected chi connectivity index (χ2v) is 6.27. The Labute approximate surface area is 110 Å². The Bertz CT molecular complexity index is 351. The summed E-state index contributed by atoms with van der Waals surface area (Å²) in [7, 11) is 0. The van der Waals surface area contributed by atoms with Crippen molar-refractivity contribution in [1.82, 2.24) is 4.90 Å². The van der Waals surface area contributed by atoms with Gasteiger partial charge in [-0.25, -0.2) is 4.79 Å². The van der Waals surface area contributed by atoms with E-state index in [-0.39, 0.29) is 6.54 Å². The van der Waals surface area contributed by atoms with Crippen LogP contribution in [0.3, 0.4) is 0 Å². The van der Waals surface area contributed by atoms with E-state index in [1.54, 1.807) is 20.8 Å². The highest BCUT2D eigenvalue weighted by Crippen LogP contribution is 2.45. The Morgan fingerprint density at radius 1 is 1.42 bits per heavy atom. The molecule has 0 aliphatic carbocycles. The van der Waals surface area contributed by atoms with Gasteiger partial charge in [0.2, 0.25) is 0 Å². The van der Waals surface area contributed by atoms with Crippen LogP contribution in [0.5, 0.6) is 0 Å². The minimum absolute atomic E-state index is 0.164. The van der Waals surface area contributed by atoms with Crippen molar-refractivity contribution >= 4 is 6.09 Å². The van der Waals surface area contributed by atoms with Crippen LogP contribution in [0.1, 0.15) is 27.7 Å². The van der Waals surface area contributed by atoms with Crippen LogP contribution in [-0.4, -0.2) is 47.6 Å². The van der Waals surface area contributed by atoms with E-state index in [4.69, 9.17) is 4.74 Å². The molecule has 112 valence electrons. The number of aliphatic hydroxyl groups excluding tert-OH is 1. The molecule has 0 unspecified atom stereocenters. The van der Waals surface area contributed by atoms with Crippen molar-refractivity contribution in [2.75, 3.05) is 19.7 Å². The van der Waals surface area contributed by atoms with Gasteiger partial charge in [0, 0.05) is 18.5 Å². The standard InChI is InChI=1S/C12H20F3NO3/c1-10(2,3)19-9(18)16-5-8(12(13,14)15)11(4,6-16)7-17/h8,17H,5-7H2,1-4H3/t8-,11-/m0/s1. The van der Waals surface area contributed by atoms with Gasteiger partial charge < -0.3 is 14.7 Å². The summed E-state index contributed by atoms with van der Waals surface area (Å²) in [5, 5.41) is 9.21. The molecule has 4 nitrogen and oxygen atoms in total. The molecule has 1 aliphatic heterocycles. The van der Waals surface area contributed by atoms with Crippen molar-refractivity contribution in [3.63, 3.8) is 0 Å². The van der Waals surface area contributed by atoms with E-state index >= 15 is 0 Å². The molecule has 0 aromatic carbocycles. The number of aliphatic hydroxyl groups is 1. The van der Waals surface area contributed by atoms with Gasteiger partial charge in [0.1, 0.15) is 5.60 Å². The molecule has 0 aromatic heterocycles. The minimum Gasteiger partial charge on any atom is -0.444 e. The fourth-order valence-corrected chi connectivity index (χ4v) is 2.18. The first-order valence-corrected chi connectivity index (χ1v) is 6.04. The van der Waals surface area contributed by atoms with E-state index in [9.17, 15) is 23.1 Å². The van der Waals surface area contributed by atoms with E-state index in [0.717, 1.165) is 4.90 Å².